The highest BCUT2D eigenvalue weighted by molar-refractivity contribution is 7.80. The van der Waals surface area contributed by atoms with Crippen LogP contribution in [0.5, 0.6) is 0 Å². The van der Waals surface area contributed by atoms with Crippen molar-refractivity contribution in [2.45, 2.75) is 25.5 Å². The Hall–Kier alpha value is -1.82. The fourth-order valence-electron chi connectivity index (χ4n) is 3.11. The monoisotopic (exact) mass is 403 g/mol. The maximum absolute atomic E-state index is 5.98. The van der Waals surface area contributed by atoms with E-state index in [9.17, 15) is 0 Å². The fraction of sp³-hybridized carbons (Fsp3) is 0.381. The number of anilines is 2. The van der Waals surface area contributed by atoms with Crippen LogP contribution in [0.3, 0.4) is 0 Å². The van der Waals surface area contributed by atoms with Gasteiger partial charge in [-0.25, -0.2) is 0 Å². The first-order chi connectivity index (χ1) is 13.0. The predicted molar refractivity (Wildman–Crippen MR) is 118 cm³/mol. The van der Waals surface area contributed by atoms with Gasteiger partial charge in [-0.3, -0.25) is 0 Å². The summed E-state index contributed by atoms with van der Waals surface area (Å²) in [5, 5.41) is 4.74. The smallest absolute Gasteiger partial charge is 0.173 e. The lowest BCUT2D eigenvalue weighted by Crippen LogP contribution is -2.39. The average molecular weight is 404 g/mol. The van der Waals surface area contributed by atoms with Gasteiger partial charge < -0.3 is 19.9 Å². The second-order valence-corrected chi connectivity index (χ2v) is 7.84. The van der Waals surface area contributed by atoms with Gasteiger partial charge in [0.2, 0.25) is 0 Å². The van der Waals surface area contributed by atoms with Crippen molar-refractivity contribution in [1.29, 1.82) is 0 Å². The molecule has 0 aromatic heterocycles. The molecule has 144 valence electrons. The van der Waals surface area contributed by atoms with Crippen LogP contribution in [0, 0.1) is 0 Å². The van der Waals surface area contributed by atoms with Crippen LogP contribution < -0.4 is 10.2 Å². The fourth-order valence-corrected chi connectivity index (χ4v) is 3.49. The average Bonchev–Trinajstić information content (AvgIpc) is 3.16. The molecule has 0 spiro atoms. The lowest BCUT2D eigenvalue weighted by molar-refractivity contribution is 0.0905. The Labute approximate surface area is 172 Å². The predicted octanol–water partition coefficient (Wildman–Crippen LogP) is 4.78. The topological polar surface area (TPSA) is 27.7 Å². The van der Waals surface area contributed by atoms with Crippen molar-refractivity contribution in [3.63, 3.8) is 0 Å². The van der Waals surface area contributed by atoms with Gasteiger partial charge in [-0.15, -0.1) is 0 Å². The molecule has 0 bridgehead atoms. The van der Waals surface area contributed by atoms with Gasteiger partial charge in [0, 0.05) is 50.2 Å². The first-order valence-electron chi connectivity index (χ1n) is 9.20. The third kappa shape index (κ3) is 5.83. The summed E-state index contributed by atoms with van der Waals surface area (Å²) in [5.41, 5.74) is 3.34. The molecule has 1 N–H and O–H groups in total. The quantitative estimate of drug-likeness (QED) is 0.700. The number of hydrogen-bond acceptors (Lipinski definition) is 3. The maximum atomic E-state index is 5.98. The van der Waals surface area contributed by atoms with Crippen LogP contribution in [0.2, 0.25) is 5.02 Å². The molecule has 0 aliphatic carbocycles. The minimum atomic E-state index is 0.232. The minimum absolute atomic E-state index is 0.232. The summed E-state index contributed by atoms with van der Waals surface area (Å²) in [6.45, 7) is 2.37. The van der Waals surface area contributed by atoms with Gasteiger partial charge in [-0.1, -0.05) is 23.7 Å². The van der Waals surface area contributed by atoms with Crippen molar-refractivity contribution < 1.29 is 4.74 Å². The van der Waals surface area contributed by atoms with Gasteiger partial charge in [-0.2, -0.15) is 0 Å². The summed E-state index contributed by atoms with van der Waals surface area (Å²) in [6.07, 6.45) is 2.43. The molecular formula is C21H26ClN3OS. The second-order valence-electron chi connectivity index (χ2n) is 7.01. The SMILES string of the molecule is CN(C)c1ccc(CN(CC2CCCO2)C(=S)Nc2ccc(Cl)cc2)cc1. The number of halogens is 1. The lowest BCUT2D eigenvalue weighted by Gasteiger charge is -2.28. The van der Waals surface area contributed by atoms with Crippen molar-refractivity contribution in [1.82, 2.24) is 4.90 Å². The summed E-state index contributed by atoms with van der Waals surface area (Å²) in [7, 11) is 4.09. The van der Waals surface area contributed by atoms with E-state index in [-0.39, 0.29) is 6.10 Å². The molecule has 1 unspecified atom stereocenters. The van der Waals surface area contributed by atoms with Crippen LogP contribution in [0.25, 0.3) is 0 Å². The molecular weight excluding hydrogens is 378 g/mol. The number of rotatable bonds is 6. The summed E-state index contributed by atoms with van der Waals surface area (Å²) in [4.78, 5) is 4.28. The highest BCUT2D eigenvalue weighted by atomic mass is 35.5. The van der Waals surface area contributed by atoms with Crippen LogP contribution in [-0.2, 0) is 11.3 Å². The molecule has 1 heterocycles. The Morgan fingerprint density at radius 3 is 2.44 bits per heavy atom. The summed E-state index contributed by atoms with van der Waals surface area (Å²) in [5.74, 6) is 0. The first kappa shape index (κ1) is 19.9. The number of benzene rings is 2. The van der Waals surface area contributed by atoms with Crippen LogP contribution in [-0.4, -0.2) is 43.4 Å². The van der Waals surface area contributed by atoms with Gasteiger partial charge in [0.05, 0.1) is 6.10 Å². The zero-order valence-corrected chi connectivity index (χ0v) is 17.4. The lowest BCUT2D eigenvalue weighted by atomic mass is 10.1. The van der Waals surface area contributed by atoms with Gasteiger partial charge in [0.1, 0.15) is 0 Å². The number of ether oxygens (including phenoxy) is 1. The molecule has 0 amide bonds. The third-order valence-corrected chi connectivity index (χ3v) is 5.27. The van der Waals surface area contributed by atoms with E-state index in [0.717, 1.165) is 38.2 Å². The van der Waals surface area contributed by atoms with E-state index in [2.05, 4.69) is 39.4 Å². The summed E-state index contributed by atoms with van der Waals surface area (Å²) >= 11 is 11.7. The van der Waals surface area contributed by atoms with Gasteiger partial charge in [-0.05, 0) is 67.0 Å². The molecule has 0 radical (unpaired) electrons. The van der Waals surface area contributed by atoms with E-state index in [1.165, 1.54) is 11.3 Å². The Morgan fingerprint density at radius 2 is 1.85 bits per heavy atom. The second kappa shape index (κ2) is 9.40. The van der Waals surface area contributed by atoms with Crippen molar-refractivity contribution in [2.75, 3.05) is 37.5 Å². The van der Waals surface area contributed by atoms with Gasteiger partial charge in [0.15, 0.2) is 5.11 Å². The summed E-state index contributed by atoms with van der Waals surface area (Å²) < 4.78 is 5.83. The van der Waals surface area contributed by atoms with Crippen molar-refractivity contribution >= 4 is 40.3 Å². The summed E-state index contributed by atoms with van der Waals surface area (Å²) in [6, 6.07) is 16.2. The third-order valence-electron chi connectivity index (χ3n) is 4.66. The molecule has 1 saturated heterocycles. The number of hydrogen-bond donors (Lipinski definition) is 1. The highest BCUT2D eigenvalue weighted by Crippen LogP contribution is 2.19. The molecule has 0 saturated carbocycles. The van der Waals surface area contributed by atoms with E-state index >= 15 is 0 Å². The van der Waals surface area contributed by atoms with E-state index in [4.69, 9.17) is 28.6 Å². The Balaban J connectivity index is 1.70. The molecule has 1 fully saturated rings. The Bertz CT molecular complexity index is 743. The number of nitrogens with one attached hydrogen (secondary N) is 1. The van der Waals surface area contributed by atoms with Crippen LogP contribution in [0.4, 0.5) is 11.4 Å². The van der Waals surface area contributed by atoms with Crippen LogP contribution >= 0.6 is 23.8 Å². The zero-order chi connectivity index (χ0) is 19.2. The number of nitrogens with zero attached hydrogens (tertiary/aromatic N) is 2. The maximum Gasteiger partial charge on any atom is 0.173 e. The molecule has 1 aliphatic heterocycles. The minimum Gasteiger partial charge on any atom is -0.378 e. The van der Waals surface area contributed by atoms with Gasteiger partial charge >= 0.3 is 0 Å². The van der Waals surface area contributed by atoms with E-state index in [0.29, 0.717) is 10.1 Å². The van der Waals surface area contributed by atoms with Gasteiger partial charge in [0.25, 0.3) is 0 Å². The normalized spacial score (nSPS) is 16.2. The zero-order valence-electron chi connectivity index (χ0n) is 15.8. The molecule has 1 aliphatic rings. The van der Waals surface area contributed by atoms with Crippen LogP contribution in [0.1, 0.15) is 18.4 Å². The molecule has 2 aromatic rings. The Kier molecular flexibility index (Phi) is 6.94. The standard InChI is InChI=1S/C21H26ClN3OS/c1-24(2)19-11-5-16(6-12-19)14-25(15-20-4-3-13-26-20)21(27)23-18-9-7-17(22)8-10-18/h5-12,20H,3-4,13-15H2,1-2H3,(H,23,27). The molecule has 1 atom stereocenters. The van der Waals surface area contributed by atoms with Crippen molar-refractivity contribution in [3.8, 4) is 0 Å². The molecule has 6 heteroatoms. The largest absolute Gasteiger partial charge is 0.378 e. The molecule has 2 aromatic carbocycles. The van der Waals surface area contributed by atoms with E-state index in [1.807, 2.05) is 38.4 Å². The molecule has 4 nitrogen and oxygen atoms in total. The Morgan fingerprint density at radius 1 is 1.15 bits per heavy atom. The molecule has 27 heavy (non-hydrogen) atoms. The van der Waals surface area contributed by atoms with E-state index < -0.39 is 0 Å². The van der Waals surface area contributed by atoms with E-state index in [1.54, 1.807) is 0 Å². The first-order valence-corrected chi connectivity index (χ1v) is 9.99. The molecule has 3 rings (SSSR count). The highest BCUT2D eigenvalue weighted by Gasteiger charge is 2.21. The van der Waals surface area contributed by atoms with Crippen molar-refractivity contribution in [3.05, 3.63) is 59.1 Å². The van der Waals surface area contributed by atoms with Crippen molar-refractivity contribution in [2.24, 2.45) is 0 Å². The van der Waals surface area contributed by atoms with Crippen LogP contribution in [0.15, 0.2) is 48.5 Å². The number of thiocarbonyl (C=S) groups is 1.